The normalized spacial score (nSPS) is 28.3. The van der Waals surface area contributed by atoms with Gasteiger partial charge in [-0.05, 0) is 51.4 Å². The third-order valence-electron chi connectivity index (χ3n) is 5.93. The highest BCUT2D eigenvalue weighted by Crippen LogP contribution is 2.55. The lowest BCUT2D eigenvalue weighted by molar-refractivity contribution is -0.223. The molecule has 2 unspecified atom stereocenters. The molecule has 0 bridgehead atoms. The van der Waals surface area contributed by atoms with Crippen LogP contribution in [0.4, 0.5) is 13.2 Å². The van der Waals surface area contributed by atoms with Crippen LogP contribution in [0.1, 0.15) is 65.7 Å². The minimum absolute atomic E-state index is 0.351. The smallest absolute Gasteiger partial charge is 0.408 e. The lowest BCUT2D eigenvalue weighted by Gasteiger charge is -2.48. The molecule has 1 N–H and O–H groups in total. The van der Waals surface area contributed by atoms with Crippen molar-refractivity contribution < 1.29 is 27.2 Å². The summed E-state index contributed by atoms with van der Waals surface area (Å²) in [6, 6.07) is -1.77. The zero-order valence-corrected chi connectivity index (χ0v) is 16.6. The first kappa shape index (κ1) is 20.7. The first-order valence-corrected chi connectivity index (χ1v) is 10.6. The van der Waals surface area contributed by atoms with Crippen molar-refractivity contribution in [3.05, 3.63) is 0 Å². The quantitative estimate of drug-likeness (QED) is 0.711. The molecular weight excluding hydrogens is 367 g/mol. The molecule has 1 aliphatic heterocycles. The number of ether oxygens (including phenoxy) is 2. The van der Waals surface area contributed by atoms with Crippen LogP contribution in [0.25, 0.3) is 0 Å². The Kier molecular flexibility index (Phi) is 5.65. The van der Waals surface area contributed by atoms with Gasteiger partial charge in [0.25, 0.3) is 0 Å². The van der Waals surface area contributed by atoms with Gasteiger partial charge in [-0.1, -0.05) is 12.8 Å². The number of nitrogens with one attached hydrogen (secondary N) is 1. The van der Waals surface area contributed by atoms with Crippen LogP contribution in [0.15, 0.2) is 0 Å². The Hall–Kier alpha value is -0.0200. The molecule has 2 saturated carbocycles. The first-order valence-electron chi connectivity index (χ1n) is 9.49. The zero-order valence-electron chi connectivity index (χ0n) is 15.8. The van der Waals surface area contributed by atoms with Gasteiger partial charge in [0.05, 0.1) is 13.2 Å². The molecule has 0 amide bonds. The van der Waals surface area contributed by atoms with Crippen molar-refractivity contribution >= 4 is 11.4 Å². The summed E-state index contributed by atoms with van der Waals surface area (Å²) in [4.78, 5) is 0. The zero-order chi connectivity index (χ0) is 19.2. The predicted molar refractivity (Wildman–Crippen MR) is 93.8 cm³/mol. The fourth-order valence-corrected chi connectivity index (χ4v) is 5.20. The summed E-state index contributed by atoms with van der Waals surface area (Å²) in [5.74, 6) is -0.351. The van der Waals surface area contributed by atoms with Crippen molar-refractivity contribution in [2.24, 2.45) is 11.3 Å². The Labute approximate surface area is 156 Å². The summed E-state index contributed by atoms with van der Waals surface area (Å²) in [6.07, 6.45) is -0.241. The molecule has 3 rings (SSSR count). The fourth-order valence-electron chi connectivity index (χ4n) is 4.24. The lowest BCUT2D eigenvalue weighted by Crippen LogP contribution is -2.60. The van der Waals surface area contributed by atoms with Crippen LogP contribution in [0.2, 0.25) is 0 Å². The highest BCUT2D eigenvalue weighted by Gasteiger charge is 2.60. The molecule has 0 aromatic rings. The van der Waals surface area contributed by atoms with Gasteiger partial charge in [0.15, 0.2) is 11.8 Å². The minimum Gasteiger partial charge on any atom is -0.598 e. The van der Waals surface area contributed by atoms with E-state index in [1.165, 1.54) is 0 Å². The molecule has 0 aromatic carbocycles. The topological polar surface area (TPSA) is 53.5 Å². The second-order valence-electron chi connectivity index (χ2n) is 9.09. The Morgan fingerprint density at radius 2 is 1.62 bits per heavy atom. The van der Waals surface area contributed by atoms with Crippen LogP contribution in [-0.4, -0.2) is 40.5 Å². The number of hydrogen-bond acceptors (Lipinski definition) is 4. The summed E-state index contributed by atoms with van der Waals surface area (Å²) < 4.78 is 67.9. The van der Waals surface area contributed by atoms with Crippen LogP contribution in [0, 0.1) is 11.3 Å². The summed E-state index contributed by atoms with van der Waals surface area (Å²) in [6.45, 7) is 6.07. The number of alkyl halides is 3. The largest absolute Gasteiger partial charge is 0.598 e. The third kappa shape index (κ3) is 4.51. The molecule has 2 aliphatic carbocycles. The van der Waals surface area contributed by atoms with Gasteiger partial charge in [0.2, 0.25) is 0 Å². The van der Waals surface area contributed by atoms with Crippen LogP contribution in [0.5, 0.6) is 0 Å². The molecule has 8 heteroatoms. The average molecular weight is 398 g/mol. The summed E-state index contributed by atoms with van der Waals surface area (Å²) in [5, 5.41) is 0. The van der Waals surface area contributed by atoms with Gasteiger partial charge in [-0.3, -0.25) is 0 Å². The average Bonchev–Trinajstić information content (AvgIpc) is 3.22. The third-order valence-corrected chi connectivity index (χ3v) is 7.50. The lowest BCUT2D eigenvalue weighted by atomic mass is 9.64. The van der Waals surface area contributed by atoms with E-state index in [2.05, 4.69) is 4.72 Å². The Morgan fingerprint density at radius 1 is 1.08 bits per heavy atom. The molecule has 152 valence electrons. The van der Waals surface area contributed by atoms with Crippen LogP contribution < -0.4 is 4.72 Å². The van der Waals surface area contributed by atoms with Crippen LogP contribution in [-0.2, 0) is 20.8 Å². The molecule has 4 nitrogen and oxygen atoms in total. The molecule has 0 radical (unpaired) electrons. The van der Waals surface area contributed by atoms with E-state index in [0.717, 1.165) is 12.8 Å². The molecule has 3 aliphatic rings. The molecule has 2 atom stereocenters. The van der Waals surface area contributed by atoms with E-state index in [9.17, 15) is 17.7 Å². The Balaban J connectivity index is 1.83. The molecule has 26 heavy (non-hydrogen) atoms. The van der Waals surface area contributed by atoms with Crippen molar-refractivity contribution in [1.29, 1.82) is 0 Å². The second kappa shape index (κ2) is 7.10. The maximum Gasteiger partial charge on any atom is 0.408 e. The van der Waals surface area contributed by atoms with Gasteiger partial charge in [0, 0.05) is 24.2 Å². The van der Waals surface area contributed by atoms with Crippen LogP contribution in [0.3, 0.4) is 0 Å². The number of halogens is 3. The molecule has 1 spiro atoms. The summed E-state index contributed by atoms with van der Waals surface area (Å²) in [7, 11) is 0. The highest BCUT2D eigenvalue weighted by molar-refractivity contribution is 7.90. The first-order chi connectivity index (χ1) is 12.0. The Bertz CT molecular complexity index is 489. The van der Waals surface area contributed by atoms with Crippen molar-refractivity contribution in [3.8, 4) is 0 Å². The van der Waals surface area contributed by atoms with Gasteiger partial charge in [-0.15, -0.1) is 4.72 Å². The van der Waals surface area contributed by atoms with E-state index in [0.29, 0.717) is 51.2 Å². The van der Waals surface area contributed by atoms with Gasteiger partial charge in [-0.2, -0.15) is 13.2 Å². The predicted octanol–water partition coefficient (Wildman–Crippen LogP) is 4.07. The van der Waals surface area contributed by atoms with Gasteiger partial charge in [0.1, 0.15) is 4.75 Å². The van der Waals surface area contributed by atoms with E-state index in [-0.39, 0.29) is 0 Å². The number of rotatable bonds is 5. The highest BCUT2D eigenvalue weighted by atomic mass is 32.2. The van der Waals surface area contributed by atoms with Crippen molar-refractivity contribution in [2.45, 2.75) is 88.5 Å². The van der Waals surface area contributed by atoms with Gasteiger partial charge >= 0.3 is 6.18 Å². The molecular formula is C18H30F3NO3S. The standard InChI is InChI=1S/C18H30F3NO3S/c1-15(2,3)26(23)22-14(18(19,20)21)16(12-13-4-5-13)6-8-17(9-7-16)24-10-11-25-17/h13-14,22H,4-12H2,1-3H3. The monoisotopic (exact) mass is 397 g/mol. The van der Waals surface area contributed by atoms with Crippen molar-refractivity contribution in [3.63, 3.8) is 0 Å². The summed E-state index contributed by atoms with van der Waals surface area (Å²) >= 11 is -1.78. The molecule has 1 heterocycles. The van der Waals surface area contributed by atoms with E-state index >= 15 is 0 Å². The number of hydrogen-bond donors (Lipinski definition) is 1. The fraction of sp³-hybridized carbons (Fsp3) is 1.00. The molecule has 3 fully saturated rings. The SMILES string of the molecule is CC(C)(C)[S+]([O-])NC(C(F)(F)F)C1(CC2CC2)CCC2(CC1)OCCO2. The Morgan fingerprint density at radius 3 is 2.04 bits per heavy atom. The molecule has 0 aromatic heterocycles. The van der Waals surface area contributed by atoms with Crippen LogP contribution >= 0.6 is 0 Å². The van der Waals surface area contributed by atoms with E-state index in [1.807, 2.05) is 0 Å². The van der Waals surface area contributed by atoms with E-state index in [4.69, 9.17) is 9.47 Å². The van der Waals surface area contributed by atoms with Gasteiger partial charge < -0.3 is 14.0 Å². The van der Waals surface area contributed by atoms with E-state index < -0.39 is 39.5 Å². The molecule has 1 saturated heterocycles. The van der Waals surface area contributed by atoms with Gasteiger partial charge in [-0.25, -0.2) is 0 Å². The maximum absolute atomic E-state index is 14.1. The van der Waals surface area contributed by atoms with Crippen molar-refractivity contribution in [1.82, 2.24) is 4.72 Å². The summed E-state index contributed by atoms with van der Waals surface area (Å²) in [5.41, 5.74) is -0.944. The van der Waals surface area contributed by atoms with E-state index in [1.54, 1.807) is 20.8 Å². The van der Waals surface area contributed by atoms with Crippen molar-refractivity contribution in [2.75, 3.05) is 13.2 Å². The minimum atomic E-state index is -4.45. The second-order valence-corrected chi connectivity index (χ2v) is 11.1. The maximum atomic E-state index is 14.1.